The van der Waals surface area contributed by atoms with E-state index < -0.39 is 11.6 Å². The van der Waals surface area contributed by atoms with Gasteiger partial charge in [-0.1, -0.05) is 12.1 Å². The molecule has 0 N–H and O–H groups in total. The zero-order valence-electron chi connectivity index (χ0n) is 14.2. The average molecular weight is 345 g/mol. The lowest BCUT2D eigenvalue weighted by atomic mass is 9.95. The maximum Gasteiger partial charge on any atom is 0.222 e. The third-order valence-corrected chi connectivity index (χ3v) is 4.67. The van der Waals surface area contributed by atoms with Crippen molar-refractivity contribution >= 4 is 5.91 Å². The van der Waals surface area contributed by atoms with Gasteiger partial charge in [-0.3, -0.25) is 4.79 Å². The minimum Gasteiger partial charge on any atom is -0.343 e. The summed E-state index contributed by atoms with van der Waals surface area (Å²) >= 11 is 0. The predicted molar refractivity (Wildman–Crippen MR) is 90.0 cm³/mol. The van der Waals surface area contributed by atoms with Gasteiger partial charge in [-0.25, -0.2) is 18.7 Å². The number of piperidine rings is 1. The van der Waals surface area contributed by atoms with E-state index in [1.807, 2.05) is 13.0 Å². The first kappa shape index (κ1) is 17.5. The van der Waals surface area contributed by atoms with Gasteiger partial charge in [0, 0.05) is 37.3 Å². The van der Waals surface area contributed by atoms with Crippen LogP contribution in [0.15, 0.2) is 30.5 Å². The predicted octanol–water partition coefficient (Wildman–Crippen LogP) is 3.40. The van der Waals surface area contributed by atoms with Crippen molar-refractivity contribution in [3.63, 3.8) is 0 Å². The first-order valence-electron chi connectivity index (χ1n) is 8.55. The smallest absolute Gasteiger partial charge is 0.222 e. The molecule has 4 nitrogen and oxygen atoms in total. The molecular formula is C19H21F2N3O. The Morgan fingerprint density at radius 3 is 2.72 bits per heavy atom. The highest BCUT2D eigenvalue weighted by Gasteiger charge is 2.25. The van der Waals surface area contributed by atoms with Gasteiger partial charge in [0.15, 0.2) is 11.6 Å². The van der Waals surface area contributed by atoms with Gasteiger partial charge in [-0.05, 0) is 43.9 Å². The molecular weight excluding hydrogens is 324 g/mol. The van der Waals surface area contributed by atoms with Crippen LogP contribution in [0.25, 0.3) is 0 Å². The molecule has 1 aliphatic rings. The number of hydrogen-bond acceptors (Lipinski definition) is 3. The van der Waals surface area contributed by atoms with Crippen molar-refractivity contribution in [1.82, 2.24) is 14.9 Å². The third-order valence-electron chi connectivity index (χ3n) is 4.67. The molecule has 1 amide bonds. The van der Waals surface area contributed by atoms with E-state index in [0.29, 0.717) is 13.1 Å². The second kappa shape index (κ2) is 7.68. The fraction of sp³-hybridized carbons (Fsp3) is 0.421. The number of nitrogens with zero attached hydrogens (tertiary/aromatic N) is 3. The zero-order valence-corrected chi connectivity index (χ0v) is 14.2. The number of hydrogen-bond donors (Lipinski definition) is 0. The number of amides is 1. The van der Waals surface area contributed by atoms with Gasteiger partial charge in [0.05, 0.1) is 0 Å². The summed E-state index contributed by atoms with van der Waals surface area (Å²) in [4.78, 5) is 22.9. The monoisotopic (exact) mass is 345 g/mol. The van der Waals surface area contributed by atoms with Crippen LogP contribution in [0, 0.1) is 18.6 Å². The Morgan fingerprint density at radius 1 is 1.24 bits per heavy atom. The van der Waals surface area contributed by atoms with Crippen molar-refractivity contribution in [2.45, 2.75) is 38.5 Å². The Balaban J connectivity index is 1.52. The van der Waals surface area contributed by atoms with Crippen LogP contribution in [0.5, 0.6) is 0 Å². The first-order valence-corrected chi connectivity index (χ1v) is 8.55. The maximum atomic E-state index is 13.7. The summed E-state index contributed by atoms with van der Waals surface area (Å²) in [5.74, 6) is -0.639. The van der Waals surface area contributed by atoms with Crippen molar-refractivity contribution in [2.24, 2.45) is 0 Å². The molecule has 0 bridgehead atoms. The molecule has 0 saturated carbocycles. The Hall–Kier alpha value is -2.37. The molecule has 1 saturated heterocycles. The number of likely N-dealkylation sites (tertiary alicyclic amines) is 1. The van der Waals surface area contributed by atoms with Crippen LogP contribution in [-0.2, 0) is 11.2 Å². The lowest BCUT2D eigenvalue weighted by molar-refractivity contribution is -0.132. The van der Waals surface area contributed by atoms with E-state index in [-0.39, 0.29) is 30.2 Å². The second-order valence-electron chi connectivity index (χ2n) is 6.42. The summed E-state index contributed by atoms with van der Waals surface area (Å²) in [6.07, 6.45) is 3.81. The maximum absolute atomic E-state index is 13.7. The van der Waals surface area contributed by atoms with Gasteiger partial charge >= 0.3 is 0 Å². The van der Waals surface area contributed by atoms with E-state index in [4.69, 9.17) is 0 Å². The molecule has 2 heterocycles. The van der Waals surface area contributed by atoms with Gasteiger partial charge in [0.25, 0.3) is 0 Å². The van der Waals surface area contributed by atoms with Crippen LogP contribution >= 0.6 is 0 Å². The molecule has 3 rings (SSSR count). The van der Waals surface area contributed by atoms with Crippen LogP contribution in [-0.4, -0.2) is 33.9 Å². The number of halogens is 2. The molecule has 0 spiro atoms. The number of rotatable bonds is 4. The molecule has 1 fully saturated rings. The van der Waals surface area contributed by atoms with Gasteiger partial charge in [0.1, 0.15) is 5.82 Å². The quantitative estimate of drug-likeness (QED) is 0.853. The fourth-order valence-electron chi connectivity index (χ4n) is 3.19. The summed E-state index contributed by atoms with van der Waals surface area (Å²) in [6, 6.07) is 5.94. The van der Waals surface area contributed by atoms with Gasteiger partial charge in [-0.2, -0.15) is 0 Å². The molecule has 0 radical (unpaired) electrons. The largest absolute Gasteiger partial charge is 0.343 e. The van der Waals surface area contributed by atoms with Crippen LogP contribution in [0.1, 0.15) is 42.3 Å². The lowest BCUT2D eigenvalue weighted by Gasteiger charge is -2.31. The van der Waals surface area contributed by atoms with Crippen LogP contribution in [0.4, 0.5) is 8.78 Å². The molecule has 1 aromatic heterocycles. The van der Waals surface area contributed by atoms with E-state index in [1.165, 1.54) is 12.1 Å². The van der Waals surface area contributed by atoms with E-state index >= 15 is 0 Å². The average Bonchev–Trinajstić information content (AvgIpc) is 2.63. The number of benzene rings is 1. The topological polar surface area (TPSA) is 46.1 Å². The summed E-state index contributed by atoms with van der Waals surface area (Å²) in [6.45, 7) is 3.23. The van der Waals surface area contributed by atoms with Crippen molar-refractivity contribution < 1.29 is 13.6 Å². The van der Waals surface area contributed by atoms with E-state index in [1.54, 1.807) is 11.1 Å². The Bertz CT molecular complexity index is 758. The van der Waals surface area contributed by atoms with Crippen molar-refractivity contribution in [3.05, 3.63) is 59.2 Å². The number of carbonyl (C=O) groups excluding carboxylic acids is 1. The number of aromatic nitrogens is 2. The Labute approximate surface area is 145 Å². The number of aryl methyl sites for hydroxylation is 2. The molecule has 6 heteroatoms. The Kier molecular flexibility index (Phi) is 5.36. The zero-order chi connectivity index (χ0) is 17.8. The summed E-state index contributed by atoms with van der Waals surface area (Å²) in [5, 5.41) is 0. The first-order chi connectivity index (χ1) is 12.0. The summed E-state index contributed by atoms with van der Waals surface area (Å²) < 4.78 is 26.9. The van der Waals surface area contributed by atoms with Crippen LogP contribution < -0.4 is 0 Å². The van der Waals surface area contributed by atoms with Crippen molar-refractivity contribution in [3.8, 4) is 0 Å². The van der Waals surface area contributed by atoms with Crippen molar-refractivity contribution in [1.29, 1.82) is 0 Å². The van der Waals surface area contributed by atoms with Gasteiger partial charge < -0.3 is 4.90 Å². The Morgan fingerprint density at radius 2 is 2.00 bits per heavy atom. The van der Waals surface area contributed by atoms with Crippen LogP contribution in [0.2, 0.25) is 0 Å². The standard InChI is InChI=1S/C19H21F2N3O/c1-13-7-10-22-19(23-13)15-8-11-24(12-9-15)17(25)6-5-14-3-2-4-16(20)18(14)21/h2-4,7,10,15H,5-6,8-9,11-12H2,1H3. The van der Waals surface area contributed by atoms with Crippen LogP contribution in [0.3, 0.4) is 0 Å². The summed E-state index contributed by atoms with van der Waals surface area (Å²) in [5.41, 5.74) is 1.19. The molecule has 132 valence electrons. The highest BCUT2D eigenvalue weighted by Crippen LogP contribution is 2.26. The second-order valence-corrected chi connectivity index (χ2v) is 6.42. The number of carbonyl (C=O) groups is 1. The molecule has 1 aliphatic heterocycles. The highest BCUT2D eigenvalue weighted by molar-refractivity contribution is 5.76. The van der Waals surface area contributed by atoms with E-state index in [9.17, 15) is 13.6 Å². The normalized spacial score (nSPS) is 15.4. The van der Waals surface area contributed by atoms with E-state index in [2.05, 4.69) is 9.97 Å². The molecule has 0 atom stereocenters. The SMILES string of the molecule is Cc1ccnc(C2CCN(C(=O)CCc3cccc(F)c3F)CC2)n1. The molecule has 0 aliphatic carbocycles. The minimum absolute atomic E-state index is 0.0210. The van der Waals surface area contributed by atoms with Gasteiger partial charge in [-0.15, -0.1) is 0 Å². The summed E-state index contributed by atoms with van der Waals surface area (Å²) in [7, 11) is 0. The fourth-order valence-corrected chi connectivity index (χ4v) is 3.19. The van der Waals surface area contributed by atoms with Crippen molar-refractivity contribution in [2.75, 3.05) is 13.1 Å². The minimum atomic E-state index is -0.871. The molecule has 0 unspecified atom stereocenters. The lowest BCUT2D eigenvalue weighted by Crippen LogP contribution is -2.38. The third kappa shape index (κ3) is 4.18. The molecule has 2 aromatic rings. The molecule has 1 aromatic carbocycles. The highest BCUT2D eigenvalue weighted by atomic mass is 19.2. The van der Waals surface area contributed by atoms with Gasteiger partial charge in [0.2, 0.25) is 5.91 Å². The van der Waals surface area contributed by atoms with E-state index in [0.717, 1.165) is 30.4 Å². The molecule has 25 heavy (non-hydrogen) atoms.